The molecule has 0 saturated heterocycles. The summed E-state index contributed by atoms with van der Waals surface area (Å²) in [6, 6.07) is 7.25. The Morgan fingerprint density at radius 3 is 2.35 bits per heavy atom. The lowest BCUT2D eigenvalue weighted by Crippen LogP contribution is -2.47. The van der Waals surface area contributed by atoms with E-state index >= 15 is 0 Å². The Morgan fingerprint density at radius 2 is 1.94 bits per heavy atom. The van der Waals surface area contributed by atoms with Gasteiger partial charge in [-0.1, -0.05) is 29.8 Å². The van der Waals surface area contributed by atoms with E-state index in [9.17, 15) is 8.42 Å². The second-order valence-corrected chi connectivity index (χ2v) is 7.49. The van der Waals surface area contributed by atoms with Crippen LogP contribution in [0.2, 0.25) is 0 Å². The molecule has 0 aliphatic rings. The molecule has 1 atom stereocenters. The third-order valence-electron chi connectivity index (χ3n) is 3.19. The average molecular weight is 256 g/mol. The molecule has 5 heteroatoms. The fraction of sp³-hybridized carbons (Fsp3) is 0.500. The molecule has 1 aromatic carbocycles. The summed E-state index contributed by atoms with van der Waals surface area (Å²) >= 11 is 0. The molecule has 1 rings (SSSR count). The van der Waals surface area contributed by atoms with Crippen molar-refractivity contribution in [1.82, 2.24) is 5.43 Å². The summed E-state index contributed by atoms with van der Waals surface area (Å²) in [5.74, 6) is 5.52. The van der Waals surface area contributed by atoms with E-state index in [0.717, 1.165) is 11.1 Å². The largest absolute Gasteiger partial charge is 0.271 e. The fourth-order valence-corrected chi connectivity index (χ4v) is 2.39. The molecule has 0 amide bonds. The van der Waals surface area contributed by atoms with Crippen molar-refractivity contribution in [2.75, 3.05) is 6.26 Å². The van der Waals surface area contributed by atoms with Gasteiger partial charge in [-0.2, -0.15) is 0 Å². The van der Waals surface area contributed by atoms with Crippen molar-refractivity contribution in [3.05, 3.63) is 35.4 Å². The van der Waals surface area contributed by atoms with Crippen LogP contribution in [0, 0.1) is 6.92 Å². The Bertz CT molecular complexity index is 495. The Hall–Kier alpha value is -0.910. The summed E-state index contributed by atoms with van der Waals surface area (Å²) in [5, 5.41) is 0. The molecular weight excluding hydrogens is 236 g/mol. The maximum atomic E-state index is 11.8. The first-order valence-corrected chi connectivity index (χ1v) is 7.31. The van der Waals surface area contributed by atoms with Crippen LogP contribution in [0.5, 0.6) is 0 Å². The molecule has 0 bridgehead atoms. The molecule has 0 heterocycles. The van der Waals surface area contributed by atoms with E-state index < -0.39 is 20.6 Å². The number of hydrogen-bond donors (Lipinski definition) is 2. The Kier molecular flexibility index (Phi) is 3.96. The lowest BCUT2D eigenvalue weighted by atomic mass is 9.95. The normalized spacial score (nSPS) is 14.6. The van der Waals surface area contributed by atoms with Gasteiger partial charge >= 0.3 is 0 Å². The van der Waals surface area contributed by atoms with Crippen molar-refractivity contribution >= 4 is 9.84 Å². The van der Waals surface area contributed by atoms with Gasteiger partial charge in [-0.25, -0.2) is 8.42 Å². The topological polar surface area (TPSA) is 72.2 Å². The van der Waals surface area contributed by atoms with Gasteiger partial charge in [-0.05, 0) is 26.3 Å². The third-order valence-corrected chi connectivity index (χ3v) is 5.34. The molecule has 96 valence electrons. The van der Waals surface area contributed by atoms with Crippen LogP contribution in [0.25, 0.3) is 0 Å². The molecule has 17 heavy (non-hydrogen) atoms. The molecule has 0 aliphatic heterocycles. The predicted octanol–water partition coefficient (Wildman–Crippen LogP) is 1.32. The van der Waals surface area contributed by atoms with Crippen molar-refractivity contribution in [2.24, 2.45) is 5.84 Å². The first-order chi connectivity index (χ1) is 7.70. The lowest BCUT2D eigenvalue weighted by molar-refractivity contribution is 0.427. The maximum absolute atomic E-state index is 11.8. The number of hydrogen-bond acceptors (Lipinski definition) is 4. The second-order valence-electron chi connectivity index (χ2n) is 4.89. The van der Waals surface area contributed by atoms with Crippen LogP contribution in [0.3, 0.4) is 0 Å². The summed E-state index contributed by atoms with van der Waals surface area (Å²) in [4.78, 5) is 0. The minimum Gasteiger partial charge on any atom is -0.271 e. The highest BCUT2D eigenvalue weighted by molar-refractivity contribution is 7.92. The van der Waals surface area contributed by atoms with Gasteiger partial charge in [-0.3, -0.25) is 11.3 Å². The first-order valence-electron chi connectivity index (χ1n) is 5.42. The van der Waals surface area contributed by atoms with Crippen molar-refractivity contribution in [2.45, 2.75) is 31.6 Å². The van der Waals surface area contributed by atoms with Crippen molar-refractivity contribution < 1.29 is 8.42 Å². The smallest absolute Gasteiger partial charge is 0.154 e. The van der Waals surface area contributed by atoms with E-state index in [1.54, 1.807) is 13.8 Å². The third kappa shape index (κ3) is 2.86. The second kappa shape index (κ2) is 4.76. The standard InChI is InChI=1S/C12H20N2O2S/c1-9-6-5-7-10(8-9)11(14-13)12(2,3)17(4,15)16/h5-8,11,14H,13H2,1-4H3. The van der Waals surface area contributed by atoms with Crippen LogP contribution in [0.1, 0.15) is 31.0 Å². The number of rotatable bonds is 4. The van der Waals surface area contributed by atoms with Gasteiger partial charge in [0.05, 0.1) is 10.8 Å². The van der Waals surface area contributed by atoms with Gasteiger partial charge in [0, 0.05) is 6.26 Å². The zero-order chi connectivity index (χ0) is 13.3. The monoisotopic (exact) mass is 256 g/mol. The summed E-state index contributed by atoms with van der Waals surface area (Å²) in [6.45, 7) is 5.31. The fourth-order valence-electron chi connectivity index (χ4n) is 1.76. The van der Waals surface area contributed by atoms with E-state index in [2.05, 4.69) is 5.43 Å². The predicted molar refractivity (Wildman–Crippen MR) is 70.2 cm³/mol. The van der Waals surface area contributed by atoms with Crippen molar-refractivity contribution in [1.29, 1.82) is 0 Å². The number of hydrazine groups is 1. The average Bonchev–Trinajstić information content (AvgIpc) is 2.16. The molecular formula is C12H20N2O2S. The summed E-state index contributed by atoms with van der Waals surface area (Å²) in [6.07, 6.45) is 1.23. The van der Waals surface area contributed by atoms with Gasteiger partial charge < -0.3 is 0 Å². The van der Waals surface area contributed by atoms with Gasteiger partial charge in [0.2, 0.25) is 0 Å². The maximum Gasteiger partial charge on any atom is 0.154 e. The summed E-state index contributed by atoms with van der Waals surface area (Å²) in [5.41, 5.74) is 4.57. The zero-order valence-corrected chi connectivity index (χ0v) is 11.5. The lowest BCUT2D eigenvalue weighted by Gasteiger charge is -2.32. The van der Waals surface area contributed by atoms with Crippen LogP contribution in [0.4, 0.5) is 0 Å². The minimum atomic E-state index is -3.22. The van der Waals surface area contributed by atoms with E-state index in [-0.39, 0.29) is 0 Å². The van der Waals surface area contributed by atoms with Gasteiger partial charge in [0.1, 0.15) is 0 Å². The van der Waals surface area contributed by atoms with E-state index in [1.807, 2.05) is 31.2 Å². The molecule has 0 radical (unpaired) electrons. The zero-order valence-electron chi connectivity index (χ0n) is 10.7. The molecule has 3 N–H and O–H groups in total. The first kappa shape index (κ1) is 14.2. The van der Waals surface area contributed by atoms with E-state index in [4.69, 9.17) is 5.84 Å². The van der Waals surface area contributed by atoms with Crippen LogP contribution in [0.15, 0.2) is 24.3 Å². The molecule has 1 aromatic rings. The number of aryl methyl sites for hydroxylation is 1. The van der Waals surface area contributed by atoms with Gasteiger partial charge in [0.25, 0.3) is 0 Å². The molecule has 1 unspecified atom stereocenters. The molecule has 0 fully saturated rings. The number of nitrogens with one attached hydrogen (secondary N) is 1. The van der Waals surface area contributed by atoms with E-state index in [0.29, 0.717) is 0 Å². The number of nitrogens with two attached hydrogens (primary N) is 1. The highest BCUT2D eigenvalue weighted by Crippen LogP contribution is 2.31. The molecule has 0 spiro atoms. The van der Waals surface area contributed by atoms with Crippen molar-refractivity contribution in [3.63, 3.8) is 0 Å². The van der Waals surface area contributed by atoms with Gasteiger partial charge in [-0.15, -0.1) is 0 Å². The Morgan fingerprint density at radius 1 is 1.35 bits per heavy atom. The molecule has 0 aromatic heterocycles. The van der Waals surface area contributed by atoms with Gasteiger partial charge in [0.15, 0.2) is 9.84 Å². The quantitative estimate of drug-likeness (QED) is 0.629. The molecule has 0 saturated carbocycles. The van der Waals surface area contributed by atoms with Crippen LogP contribution in [-0.4, -0.2) is 19.4 Å². The number of benzene rings is 1. The summed E-state index contributed by atoms with van der Waals surface area (Å²) < 4.78 is 22.7. The SMILES string of the molecule is Cc1cccc(C(NN)C(C)(C)S(C)(=O)=O)c1. The Labute approximate surface area is 103 Å². The van der Waals surface area contributed by atoms with Crippen LogP contribution >= 0.6 is 0 Å². The highest BCUT2D eigenvalue weighted by Gasteiger charge is 2.39. The highest BCUT2D eigenvalue weighted by atomic mass is 32.2. The van der Waals surface area contributed by atoms with Crippen molar-refractivity contribution in [3.8, 4) is 0 Å². The van der Waals surface area contributed by atoms with Crippen LogP contribution < -0.4 is 11.3 Å². The summed E-state index contributed by atoms with van der Waals surface area (Å²) in [7, 11) is -3.22. The van der Waals surface area contributed by atoms with E-state index in [1.165, 1.54) is 6.26 Å². The number of sulfone groups is 1. The molecule has 0 aliphatic carbocycles. The minimum absolute atomic E-state index is 0.433. The Balaban J connectivity index is 3.26. The van der Waals surface area contributed by atoms with Crippen LogP contribution in [-0.2, 0) is 9.84 Å². The molecule has 4 nitrogen and oxygen atoms in total.